The summed E-state index contributed by atoms with van der Waals surface area (Å²) in [6, 6.07) is 14.6. The van der Waals surface area contributed by atoms with E-state index in [2.05, 4.69) is 10.2 Å². The van der Waals surface area contributed by atoms with Gasteiger partial charge in [-0.3, -0.25) is 14.6 Å². The van der Waals surface area contributed by atoms with Crippen LogP contribution in [0.25, 0.3) is 22.4 Å². The Morgan fingerprint density at radius 1 is 0.917 bits per heavy atom. The molecule has 2 aromatic carbocycles. The third-order valence-corrected chi connectivity index (χ3v) is 6.35. The van der Waals surface area contributed by atoms with Crippen molar-refractivity contribution in [3.63, 3.8) is 0 Å². The van der Waals surface area contributed by atoms with Crippen LogP contribution in [0.4, 0.5) is 0 Å². The first-order valence-corrected chi connectivity index (χ1v) is 11.4. The fourth-order valence-electron chi connectivity index (χ4n) is 3.74. The van der Waals surface area contributed by atoms with Crippen LogP contribution in [-0.4, -0.2) is 29.1 Å². The van der Waals surface area contributed by atoms with Crippen LogP contribution in [0.3, 0.4) is 0 Å². The largest absolute Gasteiger partial charge is 0.349 e. The number of aromatic nitrogens is 6. The van der Waals surface area contributed by atoms with Crippen LogP contribution in [0.5, 0.6) is 0 Å². The van der Waals surface area contributed by atoms with Gasteiger partial charge in [-0.25, -0.2) is 9.48 Å². The number of aromatic amines is 1. The van der Waals surface area contributed by atoms with E-state index in [1.807, 2.05) is 17.1 Å². The molecular weight excluding hydrogens is 529 g/mol. The Balaban J connectivity index is 1.65. The van der Waals surface area contributed by atoms with E-state index in [4.69, 9.17) is 40.1 Å². The van der Waals surface area contributed by atoms with Crippen molar-refractivity contribution >= 4 is 45.8 Å². The number of rotatable bonds is 4. The Kier molecular flexibility index (Phi) is 5.97. The summed E-state index contributed by atoms with van der Waals surface area (Å²) in [7, 11) is 0. The molecule has 3 aromatic heterocycles. The van der Waals surface area contributed by atoms with E-state index in [0.29, 0.717) is 16.1 Å². The zero-order chi connectivity index (χ0) is 25.6. The first kappa shape index (κ1) is 23.6. The van der Waals surface area contributed by atoms with Crippen molar-refractivity contribution < 1.29 is 0 Å². The highest BCUT2D eigenvalue weighted by atomic mass is 35.5. The van der Waals surface area contributed by atoms with E-state index < -0.39 is 16.9 Å². The normalized spacial score (nSPS) is 11.1. The first-order chi connectivity index (χ1) is 17.3. The Hall–Kier alpha value is -4.17. The van der Waals surface area contributed by atoms with Gasteiger partial charge in [0.05, 0.1) is 39.5 Å². The van der Waals surface area contributed by atoms with Gasteiger partial charge in [-0.2, -0.15) is 15.0 Å². The number of nitriles is 1. The smallest absolute Gasteiger partial charge is 0.301 e. The zero-order valence-electron chi connectivity index (χ0n) is 17.9. The molecule has 0 atom stereocenters. The standard InChI is InChI=1S/C23H12Cl3N7O3/c24-14-4-2-1-3-12(14)11-31-19-10-28-33(18(19)5-6-20(31)34)21-15(25)7-13(8-16(21)26)32-23(36)29-22(35)17(9-27)30-32/h1-8,10H,11H2,(H,29,35,36). The number of halogens is 3. The second-order valence-corrected chi connectivity index (χ2v) is 8.79. The van der Waals surface area contributed by atoms with E-state index >= 15 is 0 Å². The average molecular weight is 541 g/mol. The van der Waals surface area contributed by atoms with Gasteiger partial charge in [0.15, 0.2) is 0 Å². The van der Waals surface area contributed by atoms with Gasteiger partial charge in [0.25, 0.3) is 11.1 Å². The van der Waals surface area contributed by atoms with Crippen LogP contribution in [0.1, 0.15) is 11.3 Å². The molecule has 0 unspecified atom stereocenters. The summed E-state index contributed by atoms with van der Waals surface area (Å²) in [5.74, 6) is 0. The maximum absolute atomic E-state index is 12.7. The Morgan fingerprint density at radius 2 is 1.64 bits per heavy atom. The summed E-state index contributed by atoms with van der Waals surface area (Å²) < 4.78 is 3.81. The summed E-state index contributed by atoms with van der Waals surface area (Å²) in [6.07, 6.45) is 1.52. The predicted octanol–water partition coefficient (Wildman–Crippen LogP) is 3.30. The fraction of sp³-hybridized carbons (Fsp3) is 0.0435. The molecule has 0 aliphatic carbocycles. The molecule has 13 heteroatoms. The van der Waals surface area contributed by atoms with Crippen LogP contribution >= 0.6 is 34.8 Å². The van der Waals surface area contributed by atoms with Gasteiger partial charge in [-0.15, -0.1) is 5.10 Å². The molecule has 10 nitrogen and oxygen atoms in total. The highest BCUT2D eigenvalue weighted by Crippen LogP contribution is 2.33. The molecule has 0 amide bonds. The SMILES string of the molecule is N#Cc1nn(-c2cc(Cl)c(-n3ncc4c3ccc(=O)n4Cc3ccccc3Cl)c(Cl)c2)c(=O)[nH]c1=O. The molecule has 1 N–H and O–H groups in total. The van der Waals surface area contributed by atoms with Gasteiger partial charge in [0.2, 0.25) is 5.69 Å². The lowest BCUT2D eigenvalue weighted by atomic mass is 10.2. The summed E-state index contributed by atoms with van der Waals surface area (Å²) in [4.78, 5) is 38.6. The lowest BCUT2D eigenvalue weighted by Gasteiger charge is -2.13. The van der Waals surface area contributed by atoms with Gasteiger partial charge in [0.1, 0.15) is 11.8 Å². The van der Waals surface area contributed by atoms with Gasteiger partial charge < -0.3 is 4.57 Å². The van der Waals surface area contributed by atoms with E-state index in [1.54, 1.807) is 24.3 Å². The third kappa shape index (κ3) is 3.99. The Labute approximate surface area is 216 Å². The average Bonchev–Trinajstić information content (AvgIpc) is 3.25. The third-order valence-electron chi connectivity index (χ3n) is 5.40. The monoisotopic (exact) mass is 539 g/mol. The minimum atomic E-state index is -0.904. The van der Waals surface area contributed by atoms with Crippen LogP contribution in [0, 0.1) is 11.3 Å². The number of hydrogen-bond donors (Lipinski definition) is 1. The van der Waals surface area contributed by atoms with Gasteiger partial charge in [-0.1, -0.05) is 53.0 Å². The van der Waals surface area contributed by atoms with E-state index in [9.17, 15) is 14.4 Å². The Morgan fingerprint density at radius 3 is 2.33 bits per heavy atom. The van der Waals surface area contributed by atoms with Crippen LogP contribution < -0.4 is 16.8 Å². The number of benzene rings is 2. The fourth-order valence-corrected chi connectivity index (χ4v) is 4.57. The van der Waals surface area contributed by atoms with Crippen LogP contribution in [-0.2, 0) is 6.54 Å². The summed E-state index contributed by atoms with van der Waals surface area (Å²) >= 11 is 19.4. The number of nitrogens with one attached hydrogen (secondary N) is 1. The van der Waals surface area contributed by atoms with Gasteiger partial charge in [0, 0.05) is 11.1 Å². The number of pyridine rings is 1. The predicted molar refractivity (Wildman–Crippen MR) is 135 cm³/mol. The number of H-pyrrole nitrogens is 1. The molecule has 3 heterocycles. The molecule has 0 aliphatic heterocycles. The quantitative estimate of drug-likeness (QED) is 0.372. The second-order valence-electron chi connectivity index (χ2n) is 7.57. The minimum Gasteiger partial charge on any atom is -0.301 e. The highest BCUT2D eigenvalue weighted by molar-refractivity contribution is 6.38. The van der Waals surface area contributed by atoms with Crippen molar-refractivity contribution in [2.24, 2.45) is 0 Å². The molecule has 36 heavy (non-hydrogen) atoms. The van der Waals surface area contributed by atoms with Crippen molar-refractivity contribution in [1.29, 1.82) is 5.26 Å². The topological polar surface area (TPSA) is 131 Å². The number of hydrogen-bond acceptors (Lipinski definition) is 6. The molecule has 0 fully saturated rings. The maximum Gasteiger partial charge on any atom is 0.349 e. The molecular formula is C23H12Cl3N7O3. The van der Waals surface area contributed by atoms with Crippen LogP contribution in [0.15, 0.2) is 69.1 Å². The van der Waals surface area contributed by atoms with E-state index in [1.165, 1.54) is 33.6 Å². The van der Waals surface area contributed by atoms with Crippen LogP contribution in [0.2, 0.25) is 15.1 Å². The second kappa shape index (κ2) is 9.13. The van der Waals surface area contributed by atoms with Crippen molar-refractivity contribution in [2.75, 3.05) is 0 Å². The van der Waals surface area contributed by atoms with Crippen molar-refractivity contribution in [2.45, 2.75) is 6.54 Å². The van der Waals surface area contributed by atoms with E-state index in [-0.39, 0.29) is 33.5 Å². The summed E-state index contributed by atoms with van der Waals surface area (Å²) in [5.41, 5.74) is -0.272. The molecule has 5 rings (SSSR count). The molecule has 0 bridgehead atoms. The molecule has 0 saturated carbocycles. The van der Waals surface area contributed by atoms with Crippen molar-refractivity contribution in [3.8, 4) is 17.4 Å². The number of nitrogens with zero attached hydrogens (tertiary/aromatic N) is 6. The molecule has 0 aliphatic rings. The molecule has 0 radical (unpaired) electrons. The summed E-state index contributed by atoms with van der Waals surface area (Å²) in [6.45, 7) is 0.226. The zero-order valence-corrected chi connectivity index (χ0v) is 20.2. The first-order valence-electron chi connectivity index (χ1n) is 10.2. The molecule has 178 valence electrons. The van der Waals surface area contributed by atoms with Crippen molar-refractivity contribution in [3.05, 3.63) is 112 Å². The summed E-state index contributed by atoms with van der Waals surface area (Å²) in [5, 5.41) is 18.0. The van der Waals surface area contributed by atoms with Crippen molar-refractivity contribution in [1.82, 2.24) is 29.1 Å². The van der Waals surface area contributed by atoms with Gasteiger partial charge in [-0.05, 0) is 29.8 Å². The lowest BCUT2D eigenvalue weighted by Crippen LogP contribution is -2.33. The molecule has 0 saturated heterocycles. The Bertz CT molecular complexity index is 1870. The lowest BCUT2D eigenvalue weighted by molar-refractivity contribution is 0.740. The minimum absolute atomic E-state index is 0.102. The van der Waals surface area contributed by atoms with E-state index in [0.717, 1.165) is 10.2 Å². The maximum atomic E-state index is 12.7. The highest BCUT2D eigenvalue weighted by Gasteiger charge is 2.18. The molecule has 0 spiro atoms. The van der Waals surface area contributed by atoms with Gasteiger partial charge >= 0.3 is 5.69 Å². The molecule has 5 aromatic rings. The number of fused-ring (bicyclic) bond motifs is 1.